The fourth-order valence-corrected chi connectivity index (χ4v) is 3.76. The number of hydrogen-bond donors (Lipinski definition) is 1. The smallest absolute Gasteiger partial charge is 0.419 e. The van der Waals surface area contributed by atoms with E-state index in [-0.39, 0.29) is 24.6 Å². The summed E-state index contributed by atoms with van der Waals surface area (Å²) in [4.78, 5) is 38.1. The molecule has 1 aromatic heterocycles. The topological polar surface area (TPSA) is 86.6 Å². The number of halogens is 6. The van der Waals surface area contributed by atoms with Crippen LogP contribution in [-0.2, 0) is 33.0 Å². The number of nitrogens with zero attached hydrogens (tertiary/aromatic N) is 1. The standard InChI is InChI=1S/C26H24F6N2O5/c1-24(2,3)39-23(37)34-13-15(18-7-5-6-8-20(18)34)11-19(22(36)38-4)33-21(35)14-9-16(25(27,28)29)12-17(10-14)26(30,31)32/h5-10,12-13,19H,11H2,1-4H3,(H,33,35)/t19-/m0/s1. The number of rotatable bonds is 5. The Labute approximate surface area is 218 Å². The fraction of sp³-hybridized carbons (Fsp3) is 0.346. The van der Waals surface area contributed by atoms with E-state index in [0.29, 0.717) is 16.5 Å². The zero-order valence-corrected chi connectivity index (χ0v) is 21.2. The number of amides is 1. The van der Waals surface area contributed by atoms with Crippen molar-refractivity contribution in [3.8, 4) is 0 Å². The minimum atomic E-state index is -5.17. The van der Waals surface area contributed by atoms with Crippen LogP contribution in [0.15, 0.2) is 48.7 Å². The van der Waals surface area contributed by atoms with Gasteiger partial charge in [-0.25, -0.2) is 9.59 Å². The number of carbonyl (C=O) groups excluding carboxylic acids is 3. The van der Waals surface area contributed by atoms with E-state index < -0.39 is 58.7 Å². The Morgan fingerprint density at radius 2 is 1.49 bits per heavy atom. The van der Waals surface area contributed by atoms with Crippen LogP contribution >= 0.6 is 0 Å². The summed E-state index contributed by atoms with van der Waals surface area (Å²) < 4.78 is 90.7. The molecule has 2 aromatic carbocycles. The van der Waals surface area contributed by atoms with E-state index in [1.165, 1.54) is 10.8 Å². The van der Waals surface area contributed by atoms with Crippen LogP contribution < -0.4 is 5.32 Å². The van der Waals surface area contributed by atoms with Crippen LogP contribution in [-0.4, -0.2) is 41.3 Å². The van der Waals surface area contributed by atoms with Crippen LogP contribution in [0, 0.1) is 0 Å². The molecule has 1 N–H and O–H groups in total. The molecule has 0 radical (unpaired) electrons. The normalized spacial score (nSPS) is 13.2. The van der Waals surface area contributed by atoms with E-state index in [4.69, 9.17) is 9.47 Å². The van der Waals surface area contributed by atoms with Crippen molar-refractivity contribution in [2.45, 2.75) is 51.2 Å². The van der Waals surface area contributed by atoms with Gasteiger partial charge < -0.3 is 14.8 Å². The molecular formula is C26H24F6N2O5. The third kappa shape index (κ3) is 7.09. The van der Waals surface area contributed by atoms with E-state index in [9.17, 15) is 40.7 Å². The first-order chi connectivity index (χ1) is 17.9. The molecule has 0 saturated carbocycles. The quantitative estimate of drug-likeness (QED) is 0.308. The van der Waals surface area contributed by atoms with Gasteiger partial charge in [0.15, 0.2) is 0 Å². The van der Waals surface area contributed by atoms with E-state index in [1.807, 2.05) is 0 Å². The van der Waals surface area contributed by atoms with Gasteiger partial charge in [0.05, 0.1) is 23.8 Å². The van der Waals surface area contributed by atoms with Crippen molar-refractivity contribution in [2.24, 2.45) is 0 Å². The minimum Gasteiger partial charge on any atom is -0.467 e. The van der Waals surface area contributed by atoms with Crippen molar-refractivity contribution in [1.82, 2.24) is 9.88 Å². The average molecular weight is 558 g/mol. The molecule has 0 aliphatic heterocycles. The lowest BCUT2D eigenvalue weighted by Gasteiger charge is -2.19. The predicted molar refractivity (Wildman–Crippen MR) is 127 cm³/mol. The summed E-state index contributed by atoms with van der Waals surface area (Å²) in [5.74, 6) is -2.38. The van der Waals surface area contributed by atoms with Crippen LogP contribution in [0.3, 0.4) is 0 Å². The van der Waals surface area contributed by atoms with Crippen LogP contribution in [0.1, 0.15) is 47.8 Å². The molecule has 0 bridgehead atoms. The Morgan fingerprint density at radius 3 is 2.00 bits per heavy atom. The zero-order valence-electron chi connectivity index (χ0n) is 21.2. The van der Waals surface area contributed by atoms with E-state index in [0.717, 1.165) is 7.11 Å². The first kappa shape index (κ1) is 29.5. The number of nitrogens with one attached hydrogen (secondary N) is 1. The van der Waals surface area contributed by atoms with Gasteiger partial charge in [-0.3, -0.25) is 9.36 Å². The van der Waals surface area contributed by atoms with Gasteiger partial charge in [0.1, 0.15) is 11.6 Å². The number of aromatic nitrogens is 1. The van der Waals surface area contributed by atoms with Crippen molar-refractivity contribution >= 4 is 28.9 Å². The summed E-state index contributed by atoms with van der Waals surface area (Å²) in [5, 5.41) is 2.65. The average Bonchev–Trinajstić information content (AvgIpc) is 3.19. The van der Waals surface area contributed by atoms with Gasteiger partial charge >= 0.3 is 24.4 Å². The molecule has 0 saturated heterocycles. The summed E-state index contributed by atoms with van der Waals surface area (Å²) in [5.41, 5.74) is -4.39. The third-order valence-electron chi connectivity index (χ3n) is 5.45. The van der Waals surface area contributed by atoms with Crippen LogP contribution in [0.4, 0.5) is 31.1 Å². The Bertz CT molecular complexity index is 1370. The lowest BCUT2D eigenvalue weighted by atomic mass is 10.0. The number of methoxy groups -OCH3 is 1. The molecule has 1 atom stereocenters. The summed E-state index contributed by atoms with van der Waals surface area (Å²) in [6.45, 7) is 4.99. The van der Waals surface area contributed by atoms with Crippen molar-refractivity contribution in [1.29, 1.82) is 0 Å². The van der Waals surface area contributed by atoms with Gasteiger partial charge in [-0.15, -0.1) is 0 Å². The predicted octanol–water partition coefficient (Wildman–Crippen LogP) is 5.98. The number of hydrogen-bond acceptors (Lipinski definition) is 5. The maximum absolute atomic E-state index is 13.2. The Balaban J connectivity index is 1.99. The van der Waals surface area contributed by atoms with Crippen molar-refractivity contribution < 1.29 is 50.2 Å². The molecule has 39 heavy (non-hydrogen) atoms. The molecule has 0 fully saturated rings. The first-order valence-electron chi connectivity index (χ1n) is 11.4. The molecule has 0 aliphatic rings. The van der Waals surface area contributed by atoms with Crippen molar-refractivity contribution in [3.63, 3.8) is 0 Å². The molecule has 1 amide bonds. The number of carbonyl (C=O) groups is 3. The van der Waals surface area contributed by atoms with Crippen LogP contribution in [0.5, 0.6) is 0 Å². The first-order valence-corrected chi connectivity index (χ1v) is 11.4. The van der Waals surface area contributed by atoms with Gasteiger partial charge in [0.25, 0.3) is 5.91 Å². The number of esters is 1. The van der Waals surface area contributed by atoms with Crippen molar-refractivity contribution in [3.05, 3.63) is 70.9 Å². The fourth-order valence-electron chi connectivity index (χ4n) is 3.76. The number of ether oxygens (including phenoxy) is 2. The molecule has 1 heterocycles. The van der Waals surface area contributed by atoms with Gasteiger partial charge in [-0.2, -0.15) is 26.3 Å². The summed E-state index contributed by atoms with van der Waals surface area (Å²) >= 11 is 0. The molecular weight excluding hydrogens is 534 g/mol. The number of fused-ring (bicyclic) bond motifs is 1. The number of alkyl halides is 6. The van der Waals surface area contributed by atoms with Gasteiger partial charge in [-0.05, 0) is 50.6 Å². The second-order valence-corrected chi connectivity index (χ2v) is 9.57. The maximum atomic E-state index is 13.2. The second kappa shape index (κ2) is 10.6. The maximum Gasteiger partial charge on any atom is 0.419 e. The lowest BCUT2D eigenvalue weighted by molar-refractivity contribution is -0.144. The summed E-state index contributed by atoms with van der Waals surface area (Å²) in [6.07, 6.45) is -10.00. The molecule has 13 heteroatoms. The Hall–Kier alpha value is -4.03. The Kier molecular flexibility index (Phi) is 8.04. The molecule has 7 nitrogen and oxygen atoms in total. The highest BCUT2D eigenvalue weighted by atomic mass is 19.4. The molecule has 0 spiro atoms. The van der Waals surface area contributed by atoms with Crippen LogP contribution in [0.25, 0.3) is 10.9 Å². The molecule has 210 valence electrons. The SMILES string of the molecule is COC(=O)[C@H](Cc1cn(C(=O)OC(C)(C)C)c2ccccc12)NC(=O)c1cc(C(F)(F)F)cc(C(F)(F)F)c1. The number of para-hydroxylation sites is 1. The highest BCUT2D eigenvalue weighted by Crippen LogP contribution is 2.36. The molecule has 3 rings (SSSR count). The summed E-state index contributed by atoms with van der Waals surface area (Å²) in [6, 6.07) is 5.42. The van der Waals surface area contributed by atoms with Crippen molar-refractivity contribution in [2.75, 3.05) is 7.11 Å². The van der Waals surface area contributed by atoms with Gasteiger partial charge in [0, 0.05) is 23.6 Å². The molecule has 0 unspecified atom stereocenters. The highest BCUT2D eigenvalue weighted by Gasteiger charge is 2.38. The minimum absolute atomic E-state index is 0.111. The molecule has 3 aromatic rings. The molecule has 0 aliphatic carbocycles. The van der Waals surface area contributed by atoms with E-state index in [2.05, 4.69) is 5.32 Å². The van der Waals surface area contributed by atoms with Gasteiger partial charge in [0.2, 0.25) is 0 Å². The summed E-state index contributed by atoms with van der Waals surface area (Å²) in [7, 11) is 0.998. The Morgan fingerprint density at radius 1 is 0.923 bits per heavy atom. The van der Waals surface area contributed by atoms with E-state index in [1.54, 1.807) is 45.0 Å². The largest absolute Gasteiger partial charge is 0.467 e. The number of benzene rings is 2. The monoisotopic (exact) mass is 558 g/mol. The second-order valence-electron chi connectivity index (χ2n) is 9.57. The zero-order chi connectivity index (χ0) is 29.3. The van der Waals surface area contributed by atoms with E-state index >= 15 is 0 Å². The highest BCUT2D eigenvalue weighted by molar-refractivity contribution is 5.98. The van der Waals surface area contributed by atoms with Gasteiger partial charge in [-0.1, -0.05) is 18.2 Å². The third-order valence-corrected chi connectivity index (χ3v) is 5.45. The lowest BCUT2D eigenvalue weighted by Crippen LogP contribution is -2.43. The van der Waals surface area contributed by atoms with Crippen LogP contribution in [0.2, 0.25) is 0 Å².